The number of sulfonamides is 1. The number of nitrogens with one attached hydrogen (secondary N) is 1. The number of benzene rings is 2. The van der Waals surface area contributed by atoms with Gasteiger partial charge in [0.15, 0.2) is 0 Å². The number of para-hydroxylation sites is 1. The number of nitrogens with zero attached hydrogens (tertiary/aromatic N) is 1. The number of aromatic nitrogens is 1. The minimum Gasteiger partial charge on any atom is -0.255 e. The van der Waals surface area contributed by atoms with Crippen molar-refractivity contribution in [1.29, 1.82) is 0 Å². The highest BCUT2D eigenvalue weighted by Crippen LogP contribution is 2.34. The van der Waals surface area contributed by atoms with Gasteiger partial charge in [0, 0.05) is 28.8 Å². The van der Waals surface area contributed by atoms with E-state index in [1.807, 2.05) is 37.3 Å². The van der Waals surface area contributed by atoms with Crippen LogP contribution < -0.4 is 4.72 Å². The predicted octanol–water partition coefficient (Wildman–Crippen LogP) is 4.26. The fraction of sp³-hybridized carbons (Fsp3) is 0.167. The molecule has 0 radical (unpaired) electrons. The van der Waals surface area contributed by atoms with E-state index in [4.69, 9.17) is 0 Å². The molecule has 0 bridgehead atoms. The van der Waals surface area contributed by atoms with Crippen LogP contribution in [0.5, 0.6) is 0 Å². The molecule has 3 aromatic rings. The number of rotatable bonds is 7. The van der Waals surface area contributed by atoms with Gasteiger partial charge in [-0.05, 0) is 31.2 Å². The van der Waals surface area contributed by atoms with E-state index in [1.54, 1.807) is 52.1 Å². The molecule has 7 heteroatoms. The number of fused-ring (bicyclic) bond motifs is 1. The van der Waals surface area contributed by atoms with Crippen LogP contribution in [0.25, 0.3) is 10.9 Å². The second-order valence-corrected chi connectivity index (χ2v) is 9.67. The van der Waals surface area contributed by atoms with Crippen molar-refractivity contribution < 1.29 is 8.42 Å². The zero-order valence-electron chi connectivity index (χ0n) is 13.7. The first kappa shape index (κ1) is 18.3. The maximum atomic E-state index is 12.2. The molecule has 3 rings (SSSR count). The molecule has 25 heavy (non-hydrogen) atoms. The third-order valence-corrected chi connectivity index (χ3v) is 7.42. The number of aryl methyl sites for hydroxylation is 1. The molecular weight excluding hydrogens is 372 g/mol. The molecule has 0 aliphatic carbocycles. The van der Waals surface area contributed by atoms with Crippen LogP contribution in [0, 0.1) is 6.92 Å². The molecular formula is C18H18N2O2S3. The van der Waals surface area contributed by atoms with E-state index in [1.165, 1.54) is 0 Å². The third-order valence-electron chi connectivity index (χ3n) is 3.55. The Bertz CT molecular complexity index is 952. The van der Waals surface area contributed by atoms with Gasteiger partial charge in [-0.1, -0.05) is 57.5 Å². The second-order valence-electron chi connectivity index (χ2n) is 5.45. The second kappa shape index (κ2) is 8.23. The van der Waals surface area contributed by atoms with Crippen molar-refractivity contribution in [3.05, 3.63) is 66.4 Å². The van der Waals surface area contributed by atoms with Crippen molar-refractivity contribution in [3.63, 3.8) is 0 Å². The monoisotopic (exact) mass is 390 g/mol. The van der Waals surface area contributed by atoms with Gasteiger partial charge in [-0.25, -0.2) is 13.1 Å². The Hall–Kier alpha value is -1.54. The Morgan fingerprint density at radius 2 is 1.80 bits per heavy atom. The fourth-order valence-corrected chi connectivity index (χ4v) is 5.49. The van der Waals surface area contributed by atoms with Crippen LogP contribution in [0.15, 0.2) is 70.6 Å². The molecule has 0 atom stereocenters. The summed E-state index contributed by atoms with van der Waals surface area (Å²) in [5, 5.41) is 1.10. The summed E-state index contributed by atoms with van der Waals surface area (Å²) in [6.45, 7) is 2.31. The van der Waals surface area contributed by atoms with E-state index in [0.717, 1.165) is 21.4 Å². The average Bonchev–Trinajstić information content (AvgIpc) is 2.62. The molecule has 130 valence electrons. The van der Waals surface area contributed by atoms with Crippen LogP contribution in [0.2, 0.25) is 0 Å². The summed E-state index contributed by atoms with van der Waals surface area (Å²) in [6.07, 6.45) is 1.78. The highest BCUT2D eigenvalue weighted by molar-refractivity contribution is 8.76. The van der Waals surface area contributed by atoms with E-state index in [2.05, 4.69) is 9.71 Å². The topological polar surface area (TPSA) is 59.1 Å². The summed E-state index contributed by atoms with van der Waals surface area (Å²) in [6, 6.07) is 16.9. The highest BCUT2D eigenvalue weighted by atomic mass is 33.1. The zero-order valence-corrected chi connectivity index (χ0v) is 16.1. The summed E-state index contributed by atoms with van der Waals surface area (Å²) >= 11 is 0. The molecule has 1 heterocycles. The SMILES string of the molecule is Cc1ccc(S(=O)(=O)NCCSSc2cccc3cccnc23)cc1. The van der Waals surface area contributed by atoms with Gasteiger partial charge in [0.25, 0.3) is 0 Å². The van der Waals surface area contributed by atoms with E-state index in [0.29, 0.717) is 17.2 Å². The first-order chi connectivity index (χ1) is 12.1. The Labute approximate surface area is 155 Å². The van der Waals surface area contributed by atoms with Crippen LogP contribution in [0.1, 0.15) is 5.56 Å². The molecule has 0 amide bonds. The Balaban J connectivity index is 1.52. The quantitative estimate of drug-likeness (QED) is 0.482. The van der Waals surface area contributed by atoms with Gasteiger partial charge in [-0.3, -0.25) is 4.98 Å². The maximum Gasteiger partial charge on any atom is 0.240 e. The lowest BCUT2D eigenvalue weighted by Crippen LogP contribution is -2.25. The number of hydrogen-bond acceptors (Lipinski definition) is 5. The lowest BCUT2D eigenvalue weighted by molar-refractivity contribution is 0.584. The van der Waals surface area contributed by atoms with Crippen molar-refractivity contribution in [1.82, 2.24) is 9.71 Å². The molecule has 1 aromatic heterocycles. The van der Waals surface area contributed by atoms with Gasteiger partial charge in [0.05, 0.1) is 10.4 Å². The van der Waals surface area contributed by atoms with Crippen molar-refractivity contribution in [3.8, 4) is 0 Å². The molecule has 1 N–H and O–H groups in total. The largest absolute Gasteiger partial charge is 0.255 e. The van der Waals surface area contributed by atoms with Crippen LogP contribution in [-0.4, -0.2) is 25.7 Å². The van der Waals surface area contributed by atoms with Gasteiger partial charge >= 0.3 is 0 Å². The number of hydrogen-bond donors (Lipinski definition) is 1. The van der Waals surface area contributed by atoms with Gasteiger partial charge in [-0.2, -0.15) is 0 Å². The fourth-order valence-electron chi connectivity index (χ4n) is 2.27. The van der Waals surface area contributed by atoms with Crippen molar-refractivity contribution >= 4 is 42.5 Å². The number of pyridine rings is 1. The van der Waals surface area contributed by atoms with Crippen LogP contribution >= 0.6 is 21.6 Å². The van der Waals surface area contributed by atoms with E-state index in [-0.39, 0.29) is 0 Å². The first-order valence-corrected chi connectivity index (χ1v) is 11.6. The first-order valence-electron chi connectivity index (χ1n) is 7.76. The van der Waals surface area contributed by atoms with Gasteiger partial charge in [0.2, 0.25) is 10.0 Å². The van der Waals surface area contributed by atoms with E-state index in [9.17, 15) is 8.42 Å². The summed E-state index contributed by atoms with van der Waals surface area (Å²) in [5.74, 6) is 0.666. The Morgan fingerprint density at radius 3 is 2.60 bits per heavy atom. The highest BCUT2D eigenvalue weighted by Gasteiger charge is 2.12. The molecule has 4 nitrogen and oxygen atoms in total. The molecule has 0 saturated heterocycles. The smallest absolute Gasteiger partial charge is 0.240 e. The van der Waals surface area contributed by atoms with Gasteiger partial charge in [0.1, 0.15) is 0 Å². The molecule has 0 aliphatic heterocycles. The molecule has 0 spiro atoms. The normalized spacial score (nSPS) is 11.7. The third kappa shape index (κ3) is 4.76. The van der Waals surface area contributed by atoms with Crippen molar-refractivity contribution in [2.24, 2.45) is 0 Å². The van der Waals surface area contributed by atoms with Gasteiger partial charge < -0.3 is 0 Å². The summed E-state index contributed by atoms with van der Waals surface area (Å²) in [7, 11) is -0.215. The zero-order chi connectivity index (χ0) is 17.7. The molecule has 0 saturated carbocycles. The summed E-state index contributed by atoms with van der Waals surface area (Å²) in [4.78, 5) is 5.81. The van der Waals surface area contributed by atoms with Crippen LogP contribution in [0.3, 0.4) is 0 Å². The molecule has 2 aromatic carbocycles. The minimum absolute atomic E-state index is 0.300. The van der Waals surface area contributed by atoms with E-state index < -0.39 is 10.0 Å². The molecule has 0 unspecified atom stereocenters. The van der Waals surface area contributed by atoms with Crippen molar-refractivity contribution in [2.75, 3.05) is 12.3 Å². The Kier molecular flexibility index (Phi) is 6.01. The lowest BCUT2D eigenvalue weighted by atomic mass is 10.2. The maximum absolute atomic E-state index is 12.2. The van der Waals surface area contributed by atoms with Crippen molar-refractivity contribution in [2.45, 2.75) is 16.7 Å². The van der Waals surface area contributed by atoms with Crippen LogP contribution in [-0.2, 0) is 10.0 Å². The predicted molar refractivity (Wildman–Crippen MR) is 106 cm³/mol. The Morgan fingerprint density at radius 1 is 1.04 bits per heavy atom. The van der Waals surface area contributed by atoms with Gasteiger partial charge in [-0.15, -0.1) is 0 Å². The lowest BCUT2D eigenvalue weighted by Gasteiger charge is -2.07. The minimum atomic E-state index is -3.44. The van der Waals surface area contributed by atoms with Crippen LogP contribution in [0.4, 0.5) is 0 Å². The summed E-state index contributed by atoms with van der Waals surface area (Å²) < 4.78 is 27.1. The molecule has 0 fully saturated rings. The standard InChI is InChI=1S/C18H18N2O2S3/c1-14-7-9-16(10-8-14)25(21,22)20-12-13-23-24-17-6-2-4-15-5-3-11-19-18(15)17/h2-11,20H,12-13H2,1H3. The summed E-state index contributed by atoms with van der Waals surface area (Å²) in [5.41, 5.74) is 2.01. The average molecular weight is 391 g/mol. The van der Waals surface area contributed by atoms with E-state index >= 15 is 0 Å². The molecule has 0 aliphatic rings.